The van der Waals surface area contributed by atoms with Crippen molar-refractivity contribution in [3.63, 3.8) is 0 Å². The Morgan fingerprint density at radius 2 is 1.77 bits per heavy atom. The normalized spacial score (nSPS) is 10.3. The summed E-state index contributed by atoms with van der Waals surface area (Å²) in [6.45, 7) is 1.94. The lowest BCUT2D eigenvalue weighted by atomic mass is 10.2. The van der Waals surface area contributed by atoms with Crippen LogP contribution in [0.25, 0.3) is 0 Å². The van der Waals surface area contributed by atoms with E-state index in [-0.39, 0.29) is 5.91 Å². The summed E-state index contributed by atoms with van der Waals surface area (Å²) >= 11 is 6.14. The van der Waals surface area contributed by atoms with Gasteiger partial charge in [0.15, 0.2) is 0 Å². The Balaban J connectivity index is 1.73. The maximum absolute atomic E-state index is 12.5. The fourth-order valence-corrected chi connectivity index (χ4v) is 2.52. The molecule has 3 aromatic rings. The third-order valence-electron chi connectivity index (χ3n) is 3.81. The van der Waals surface area contributed by atoms with Crippen molar-refractivity contribution in [2.75, 3.05) is 17.7 Å². The van der Waals surface area contributed by atoms with Gasteiger partial charge in [0.25, 0.3) is 5.91 Å². The van der Waals surface area contributed by atoms with Crippen LogP contribution in [0.5, 0.6) is 5.75 Å². The number of aromatic nitrogens is 1. The van der Waals surface area contributed by atoms with Crippen molar-refractivity contribution in [2.45, 2.75) is 6.92 Å². The van der Waals surface area contributed by atoms with Crippen molar-refractivity contribution >= 4 is 34.7 Å². The standard InChI is InChI=1S/C20H18ClN3O2/c1-13-3-4-16(12-18(13)21)23-19-11-14(9-10-22-19)20(25)24-15-5-7-17(26-2)8-6-15/h3-12H,1-2H3,(H,22,23)(H,24,25). The van der Waals surface area contributed by atoms with Gasteiger partial charge >= 0.3 is 0 Å². The molecule has 5 nitrogen and oxygen atoms in total. The second kappa shape index (κ2) is 7.89. The van der Waals surface area contributed by atoms with Gasteiger partial charge in [-0.2, -0.15) is 0 Å². The summed E-state index contributed by atoms with van der Waals surface area (Å²) in [6, 6.07) is 16.1. The molecule has 1 amide bonds. The molecule has 0 saturated heterocycles. The van der Waals surface area contributed by atoms with E-state index in [0.29, 0.717) is 22.1 Å². The number of amides is 1. The summed E-state index contributed by atoms with van der Waals surface area (Å²) in [7, 11) is 1.60. The first-order valence-electron chi connectivity index (χ1n) is 8.00. The zero-order chi connectivity index (χ0) is 18.5. The van der Waals surface area contributed by atoms with Crippen LogP contribution in [0.15, 0.2) is 60.8 Å². The van der Waals surface area contributed by atoms with Crippen LogP contribution >= 0.6 is 11.6 Å². The number of methoxy groups -OCH3 is 1. The van der Waals surface area contributed by atoms with Crippen LogP contribution in [0.3, 0.4) is 0 Å². The molecule has 2 N–H and O–H groups in total. The fourth-order valence-electron chi connectivity index (χ4n) is 2.34. The third kappa shape index (κ3) is 4.32. The first-order chi connectivity index (χ1) is 12.5. The van der Waals surface area contributed by atoms with Crippen LogP contribution in [0, 0.1) is 6.92 Å². The summed E-state index contributed by atoms with van der Waals surface area (Å²) in [6.07, 6.45) is 1.58. The van der Waals surface area contributed by atoms with Crippen molar-refractivity contribution in [1.29, 1.82) is 0 Å². The van der Waals surface area contributed by atoms with E-state index in [9.17, 15) is 4.79 Å². The SMILES string of the molecule is COc1ccc(NC(=O)c2ccnc(Nc3ccc(C)c(Cl)c3)c2)cc1. The number of halogens is 1. The highest BCUT2D eigenvalue weighted by Gasteiger charge is 2.08. The number of benzene rings is 2. The molecule has 26 heavy (non-hydrogen) atoms. The van der Waals surface area contributed by atoms with Gasteiger partial charge in [0.1, 0.15) is 11.6 Å². The molecule has 132 valence electrons. The van der Waals surface area contributed by atoms with Crippen LogP contribution in [-0.4, -0.2) is 18.0 Å². The number of pyridine rings is 1. The molecular formula is C20H18ClN3O2. The molecule has 1 aromatic heterocycles. The van der Waals surface area contributed by atoms with Crippen LogP contribution in [-0.2, 0) is 0 Å². The lowest BCUT2D eigenvalue weighted by Gasteiger charge is -2.09. The van der Waals surface area contributed by atoms with E-state index in [1.54, 1.807) is 49.7 Å². The number of rotatable bonds is 5. The van der Waals surface area contributed by atoms with Gasteiger partial charge in [0.2, 0.25) is 0 Å². The number of hydrogen-bond donors (Lipinski definition) is 2. The van der Waals surface area contributed by atoms with Gasteiger partial charge in [-0.15, -0.1) is 0 Å². The molecule has 0 fully saturated rings. The number of carbonyl (C=O) groups is 1. The molecule has 0 aliphatic carbocycles. The van der Waals surface area contributed by atoms with Crippen molar-refractivity contribution in [2.24, 2.45) is 0 Å². The van der Waals surface area contributed by atoms with Crippen molar-refractivity contribution in [1.82, 2.24) is 4.98 Å². The lowest BCUT2D eigenvalue weighted by molar-refractivity contribution is 0.102. The predicted molar refractivity (Wildman–Crippen MR) is 105 cm³/mol. The van der Waals surface area contributed by atoms with Crippen molar-refractivity contribution in [3.8, 4) is 5.75 Å². The summed E-state index contributed by atoms with van der Waals surface area (Å²) in [5.74, 6) is 1.07. The smallest absolute Gasteiger partial charge is 0.255 e. The Bertz CT molecular complexity index is 927. The van der Waals surface area contributed by atoms with E-state index in [1.165, 1.54) is 0 Å². The molecule has 0 radical (unpaired) electrons. The summed E-state index contributed by atoms with van der Waals surface area (Å²) in [4.78, 5) is 16.7. The number of ether oxygens (including phenoxy) is 1. The molecule has 0 atom stereocenters. The maximum atomic E-state index is 12.5. The molecular weight excluding hydrogens is 350 g/mol. The minimum Gasteiger partial charge on any atom is -0.497 e. The van der Waals surface area contributed by atoms with Gasteiger partial charge in [-0.05, 0) is 61.0 Å². The molecule has 0 unspecified atom stereocenters. The topological polar surface area (TPSA) is 63.2 Å². The minimum atomic E-state index is -0.220. The Morgan fingerprint density at radius 1 is 1.04 bits per heavy atom. The number of nitrogens with zero attached hydrogens (tertiary/aromatic N) is 1. The number of hydrogen-bond acceptors (Lipinski definition) is 4. The van der Waals surface area contributed by atoms with Crippen LogP contribution < -0.4 is 15.4 Å². The number of nitrogens with one attached hydrogen (secondary N) is 2. The van der Waals surface area contributed by atoms with E-state index >= 15 is 0 Å². The highest BCUT2D eigenvalue weighted by Crippen LogP contribution is 2.23. The Labute approximate surface area is 157 Å². The second-order valence-electron chi connectivity index (χ2n) is 5.70. The highest BCUT2D eigenvalue weighted by molar-refractivity contribution is 6.31. The number of carbonyl (C=O) groups excluding carboxylic acids is 1. The molecule has 0 bridgehead atoms. The molecule has 2 aromatic carbocycles. The van der Waals surface area contributed by atoms with E-state index in [1.807, 2.05) is 25.1 Å². The van der Waals surface area contributed by atoms with Crippen molar-refractivity contribution < 1.29 is 9.53 Å². The Hall–Kier alpha value is -3.05. The largest absolute Gasteiger partial charge is 0.497 e. The minimum absolute atomic E-state index is 0.220. The van der Waals surface area contributed by atoms with Gasteiger partial charge in [-0.3, -0.25) is 4.79 Å². The maximum Gasteiger partial charge on any atom is 0.255 e. The number of aryl methyl sites for hydroxylation is 1. The van der Waals surface area contributed by atoms with Crippen LogP contribution in [0.1, 0.15) is 15.9 Å². The van der Waals surface area contributed by atoms with E-state index in [0.717, 1.165) is 17.0 Å². The quantitative estimate of drug-likeness (QED) is 0.662. The molecule has 3 rings (SSSR count). The molecule has 1 heterocycles. The zero-order valence-electron chi connectivity index (χ0n) is 14.4. The second-order valence-corrected chi connectivity index (χ2v) is 6.11. The monoisotopic (exact) mass is 367 g/mol. The van der Waals surface area contributed by atoms with E-state index < -0.39 is 0 Å². The van der Waals surface area contributed by atoms with Gasteiger partial charge in [0.05, 0.1) is 7.11 Å². The Kier molecular flexibility index (Phi) is 5.39. The van der Waals surface area contributed by atoms with Gasteiger partial charge in [-0.25, -0.2) is 4.98 Å². The predicted octanol–water partition coefficient (Wildman–Crippen LogP) is 5.05. The van der Waals surface area contributed by atoms with Gasteiger partial charge in [0, 0.05) is 28.2 Å². The van der Waals surface area contributed by atoms with Crippen LogP contribution in [0.2, 0.25) is 5.02 Å². The lowest BCUT2D eigenvalue weighted by Crippen LogP contribution is -2.12. The van der Waals surface area contributed by atoms with E-state index in [4.69, 9.17) is 16.3 Å². The van der Waals surface area contributed by atoms with E-state index in [2.05, 4.69) is 15.6 Å². The first-order valence-corrected chi connectivity index (χ1v) is 8.37. The Morgan fingerprint density at radius 3 is 2.46 bits per heavy atom. The average Bonchev–Trinajstić information content (AvgIpc) is 2.65. The van der Waals surface area contributed by atoms with Gasteiger partial charge < -0.3 is 15.4 Å². The third-order valence-corrected chi connectivity index (χ3v) is 4.22. The molecule has 0 saturated carbocycles. The molecule has 0 aliphatic rings. The molecule has 0 spiro atoms. The summed E-state index contributed by atoms with van der Waals surface area (Å²) in [5.41, 5.74) is 2.99. The summed E-state index contributed by atoms with van der Waals surface area (Å²) < 4.78 is 5.11. The van der Waals surface area contributed by atoms with Gasteiger partial charge in [-0.1, -0.05) is 17.7 Å². The average molecular weight is 368 g/mol. The molecule has 6 heteroatoms. The molecule has 0 aliphatic heterocycles. The van der Waals surface area contributed by atoms with Crippen LogP contribution in [0.4, 0.5) is 17.2 Å². The summed E-state index contributed by atoms with van der Waals surface area (Å²) in [5, 5.41) is 6.67. The zero-order valence-corrected chi connectivity index (χ0v) is 15.2. The highest BCUT2D eigenvalue weighted by atomic mass is 35.5. The number of anilines is 3. The first kappa shape index (κ1) is 17.8. The van der Waals surface area contributed by atoms with Crippen molar-refractivity contribution in [3.05, 3.63) is 76.9 Å². The fraction of sp³-hybridized carbons (Fsp3) is 0.100.